The number of likely N-dealkylation sites (N-methyl/N-ethyl adjacent to an activating group) is 1. The number of carbonyl (C=O) groups excluding carboxylic acids is 1. The van der Waals surface area contributed by atoms with Gasteiger partial charge in [-0.25, -0.2) is 0 Å². The van der Waals surface area contributed by atoms with Crippen LogP contribution in [0.1, 0.15) is 11.1 Å². The lowest BCUT2D eigenvalue weighted by atomic mass is 9.82. The van der Waals surface area contributed by atoms with Gasteiger partial charge >= 0.3 is 0 Å². The number of nitrogens with one attached hydrogen (secondary N) is 1. The van der Waals surface area contributed by atoms with Crippen LogP contribution in [0, 0.1) is 0 Å². The summed E-state index contributed by atoms with van der Waals surface area (Å²) >= 11 is 0. The molecule has 0 aliphatic carbocycles. The Kier molecular flexibility index (Phi) is 3.44. The van der Waals surface area contributed by atoms with Crippen LogP contribution in [0.3, 0.4) is 0 Å². The van der Waals surface area contributed by atoms with Gasteiger partial charge in [-0.2, -0.15) is 0 Å². The van der Waals surface area contributed by atoms with Crippen LogP contribution < -0.4 is 11.1 Å². The van der Waals surface area contributed by atoms with E-state index in [-0.39, 0.29) is 0 Å². The van der Waals surface area contributed by atoms with Crippen molar-refractivity contribution in [3.63, 3.8) is 0 Å². The Hall–Kier alpha value is -2.13. The second kappa shape index (κ2) is 5.02. The molecular formula is C15H16N2O. The zero-order valence-corrected chi connectivity index (χ0v) is 10.3. The number of hydrogen-bond donors (Lipinski definition) is 2. The molecule has 0 heterocycles. The summed E-state index contributed by atoms with van der Waals surface area (Å²) in [5, 5.41) is 3.07. The first-order valence-corrected chi connectivity index (χ1v) is 5.81. The predicted octanol–water partition coefficient (Wildman–Crippen LogP) is 1.63. The maximum absolute atomic E-state index is 12.0. The van der Waals surface area contributed by atoms with E-state index in [1.54, 1.807) is 7.05 Å². The summed E-state index contributed by atoms with van der Waals surface area (Å²) in [7, 11) is 1.74. The monoisotopic (exact) mass is 240 g/mol. The second-order valence-corrected chi connectivity index (χ2v) is 4.10. The summed E-state index contributed by atoms with van der Waals surface area (Å²) in [6.45, 7) is 0. The number of carbonyl (C=O) groups is 1. The molecule has 0 bridgehead atoms. The van der Waals surface area contributed by atoms with Gasteiger partial charge in [0, 0.05) is 0 Å². The minimum Gasteiger partial charge on any atom is -0.367 e. The Morgan fingerprint density at radius 2 is 1.33 bits per heavy atom. The van der Waals surface area contributed by atoms with Crippen LogP contribution in [0.2, 0.25) is 0 Å². The molecule has 0 aliphatic rings. The van der Waals surface area contributed by atoms with Gasteiger partial charge in [0.15, 0.2) is 0 Å². The van der Waals surface area contributed by atoms with Gasteiger partial charge in [0.05, 0.1) is 0 Å². The van der Waals surface area contributed by atoms with Gasteiger partial charge in [0.2, 0.25) is 5.91 Å². The van der Waals surface area contributed by atoms with Crippen LogP contribution in [0.25, 0.3) is 0 Å². The summed E-state index contributed by atoms with van der Waals surface area (Å²) in [6.07, 6.45) is 0. The largest absolute Gasteiger partial charge is 0.367 e. The minimum atomic E-state index is -0.984. The lowest BCUT2D eigenvalue weighted by molar-refractivity contribution is -0.123. The molecule has 18 heavy (non-hydrogen) atoms. The van der Waals surface area contributed by atoms with E-state index in [4.69, 9.17) is 5.73 Å². The standard InChI is InChI=1S/C15H16N2O/c1-17-15(14(16)18,12-8-4-2-5-9-12)13-10-6-3-7-11-13/h2-11,17H,1H3,(H2,16,18). The highest BCUT2D eigenvalue weighted by molar-refractivity contribution is 5.90. The molecule has 0 radical (unpaired) electrons. The zero-order valence-electron chi connectivity index (χ0n) is 10.3. The molecule has 0 fully saturated rings. The quantitative estimate of drug-likeness (QED) is 0.853. The average molecular weight is 240 g/mol. The van der Waals surface area contributed by atoms with Crippen molar-refractivity contribution < 1.29 is 4.79 Å². The minimum absolute atomic E-state index is 0.414. The molecule has 0 saturated heterocycles. The molecule has 3 heteroatoms. The fraction of sp³-hybridized carbons (Fsp3) is 0.133. The average Bonchev–Trinajstić information content (AvgIpc) is 2.42. The number of benzene rings is 2. The molecular weight excluding hydrogens is 224 g/mol. The Balaban J connectivity index is 2.65. The SMILES string of the molecule is CNC(C(N)=O)(c1ccccc1)c1ccccc1. The highest BCUT2D eigenvalue weighted by atomic mass is 16.1. The van der Waals surface area contributed by atoms with Crippen molar-refractivity contribution in [3.05, 3.63) is 71.8 Å². The van der Waals surface area contributed by atoms with Crippen molar-refractivity contribution in [2.24, 2.45) is 5.73 Å². The fourth-order valence-electron chi connectivity index (χ4n) is 2.24. The van der Waals surface area contributed by atoms with E-state index in [0.717, 1.165) is 11.1 Å². The van der Waals surface area contributed by atoms with Gasteiger partial charge in [-0.05, 0) is 18.2 Å². The fourth-order valence-corrected chi connectivity index (χ4v) is 2.24. The smallest absolute Gasteiger partial charge is 0.247 e. The highest BCUT2D eigenvalue weighted by Gasteiger charge is 2.38. The van der Waals surface area contributed by atoms with E-state index in [2.05, 4.69) is 5.32 Å². The normalized spacial score (nSPS) is 11.2. The molecule has 0 spiro atoms. The molecule has 2 aromatic carbocycles. The third-order valence-electron chi connectivity index (χ3n) is 3.16. The summed E-state index contributed by atoms with van der Waals surface area (Å²) in [5.74, 6) is -0.414. The molecule has 92 valence electrons. The van der Waals surface area contributed by atoms with Crippen LogP contribution in [-0.2, 0) is 10.3 Å². The van der Waals surface area contributed by atoms with Crippen molar-refractivity contribution in [2.45, 2.75) is 5.54 Å². The summed E-state index contributed by atoms with van der Waals surface area (Å²) in [4.78, 5) is 12.0. The molecule has 0 unspecified atom stereocenters. The van der Waals surface area contributed by atoms with Crippen molar-refractivity contribution in [3.8, 4) is 0 Å². The van der Waals surface area contributed by atoms with Crippen LogP contribution >= 0.6 is 0 Å². The summed E-state index contributed by atoms with van der Waals surface area (Å²) in [5.41, 5.74) is 6.34. The summed E-state index contributed by atoms with van der Waals surface area (Å²) < 4.78 is 0. The Morgan fingerprint density at radius 1 is 0.944 bits per heavy atom. The van der Waals surface area contributed by atoms with E-state index < -0.39 is 11.4 Å². The van der Waals surface area contributed by atoms with Gasteiger partial charge in [-0.3, -0.25) is 10.1 Å². The molecule has 0 atom stereocenters. The highest BCUT2D eigenvalue weighted by Crippen LogP contribution is 2.28. The molecule has 0 saturated carbocycles. The van der Waals surface area contributed by atoms with Gasteiger partial charge < -0.3 is 5.73 Å². The van der Waals surface area contributed by atoms with Crippen LogP contribution in [-0.4, -0.2) is 13.0 Å². The molecule has 2 rings (SSSR count). The van der Waals surface area contributed by atoms with Gasteiger partial charge in [-0.15, -0.1) is 0 Å². The maximum atomic E-state index is 12.0. The lowest BCUT2D eigenvalue weighted by Crippen LogP contribution is -2.52. The molecule has 2 aromatic rings. The number of nitrogens with two attached hydrogens (primary N) is 1. The van der Waals surface area contributed by atoms with E-state index in [0.29, 0.717) is 0 Å². The molecule has 0 aliphatic heterocycles. The number of hydrogen-bond acceptors (Lipinski definition) is 2. The van der Waals surface area contributed by atoms with Crippen LogP contribution in [0.15, 0.2) is 60.7 Å². The Morgan fingerprint density at radius 3 is 1.61 bits per heavy atom. The first kappa shape index (κ1) is 12.3. The van der Waals surface area contributed by atoms with E-state index >= 15 is 0 Å². The van der Waals surface area contributed by atoms with Gasteiger partial charge in [-0.1, -0.05) is 60.7 Å². The predicted molar refractivity (Wildman–Crippen MR) is 71.9 cm³/mol. The van der Waals surface area contributed by atoms with Crippen molar-refractivity contribution >= 4 is 5.91 Å². The lowest BCUT2D eigenvalue weighted by Gasteiger charge is -2.31. The molecule has 3 nitrogen and oxygen atoms in total. The molecule has 1 amide bonds. The Labute approximate surface area is 107 Å². The molecule has 0 aromatic heterocycles. The Bertz CT molecular complexity index is 483. The third-order valence-corrected chi connectivity index (χ3v) is 3.16. The van der Waals surface area contributed by atoms with Crippen molar-refractivity contribution in [2.75, 3.05) is 7.05 Å². The van der Waals surface area contributed by atoms with Crippen molar-refractivity contribution in [1.82, 2.24) is 5.32 Å². The summed E-state index contributed by atoms with van der Waals surface area (Å²) in [6, 6.07) is 19.0. The zero-order chi connectivity index (χ0) is 13.0. The number of rotatable bonds is 4. The van der Waals surface area contributed by atoms with E-state index in [1.165, 1.54) is 0 Å². The first-order chi connectivity index (χ1) is 8.71. The maximum Gasteiger partial charge on any atom is 0.247 e. The second-order valence-electron chi connectivity index (χ2n) is 4.10. The third kappa shape index (κ3) is 1.89. The number of primary amides is 1. The van der Waals surface area contributed by atoms with E-state index in [1.807, 2.05) is 60.7 Å². The first-order valence-electron chi connectivity index (χ1n) is 5.81. The number of amides is 1. The van der Waals surface area contributed by atoms with Gasteiger partial charge in [0.1, 0.15) is 5.54 Å². The molecule has 3 N–H and O–H groups in total. The van der Waals surface area contributed by atoms with E-state index in [9.17, 15) is 4.79 Å². The van der Waals surface area contributed by atoms with Crippen molar-refractivity contribution in [1.29, 1.82) is 0 Å². The van der Waals surface area contributed by atoms with Crippen LogP contribution in [0.4, 0.5) is 0 Å². The van der Waals surface area contributed by atoms with Gasteiger partial charge in [0.25, 0.3) is 0 Å². The topological polar surface area (TPSA) is 55.1 Å². The van der Waals surface area contributed by atoms with Crippen LogP contribution in [0.5, 0.6) is 0 Å².